The molecule has 1 aliphatic heterocycles. The number of rotatable bonds is 19. The monoisotopic (exact) mass is 833 g/mol. The lowest BCUT2D eigenvalue weighted by atomic mass is 9.97. The van der Waals surface area contributed by atoms with E-state index in [2.05, 4.69) is 44.3 Å². The van der Waals surface area contributed by atoms with Gasteiger partial charge in [-0.05, 0) is 83.5 Å². The Hall–Kier alpha value is -6.44. The van der Waals surface area contributed by atoms with Gasteiger partial charge in [0, 0.05) is 20.1 Å². The van der Waals surface area contributed by atoms with Gasteiger partial charge in [-0.25, -0.2) is 9.59 Å². The van der Waals surface area contributed by atoms with Crippen molar-refractivity contribution < 1.29 is 57.1 Å². The van der Waals surface area contributed by atoms with Gasteiger partial charge < -0.3 is 43.2 Å². The van der Waals surface area contributed by atoms with Gasteiger partial charge in [-0.1, -0.05) is 98.8 Å². The molecule has 1 saturated heterocycles. The molecule has 0 saturated carbocycles. The summed E-state index contributed by atoms with van der Waals surface area (Å²) in [6, 6.07) is 36.5. The van der Waals surface area contributed by atoms with Crippen LogP contribution in [-0.4, -0.2) is 88.0 Å². The minimum atomic E-state index is -1.50. The summed E-state index contributed by atoms with van der Waals surface area (Å²) in [7, 11) is 1.33. The van der Waals surface area contributed by atoms with E-state index < -0.39 is 67.7 Å². The molecule has 0 unspecified atom stereocenters. The number of ether oxygens (including phenoxy) is 8. The van der Waals surface area contributed by atoms with E-state index in [1.54, 1.807) is 84.9 Å². The third kappa shape index (κ3) is 12.5. The Morgan fingerprint density at radius 3 is 1.72 bits per heavy atom. The summed E-state index contributed by atoms with van der Waals surface area (Å²) in [6.07, 6.45) is -6.60. The fourth-order valence-corrected chi connectivity index (χ4v) is 6.85. The van der Waals surface area contributed by atoms with E-state index in [-0.39, 0.29) is 19.6 Å². The molecule has 1 amide bonds. The Bertz CT molecular complexity index is 2160. The molecule has 61 heavy (non-hydrogen) atoms. The van der Waals surface area contributed by atoms with Gasteiger partial charge in [0.25, 0.3) is 5.91 Å². The first-order valence-electron chi connectivity index (χ1n) is 20.2. The molecule has 3 aromatic carbocycles. The minimum absolute atomic E-state index is 0.0542. The Morgan fingerprint density at radius 2 is 1.16 bits per heavy atom. The van der Waals surface area contributed by atoms with Crippen LogP contribution in [0.25, 0.3) is 11.1 Å². The molecular formula is C48H51NO12. The molecule has 3 aliphatic rings. The molecular weight excluding hydrogens is 783 g/mol. The number of carbonyl (C=O) groups excluding carboxylic acids is 4. The maximum atomic E-state index is 13.9. The molecule has 1 fully saturated rings. The van der Waals surface area contributed by atoms with Crippen molar-refractivity contribution >= 4 is 23.8 Å². The number of methoxy groups -OCH3 is 1. The quantitative estimate of drug-likeness (QED) is 0.0703. The second kappa shape index (κ2) is 21.7. The Balaban J connectivity index is 1.24. The predicted octanol–water partition coefficient (Wildman–Crippen LogP) is 6.62. The highest BCUT2D eigenvalue weighted by Crippen LogP contribution is 2.34. The van der Waals surface area contributed by atoms with Gasteiger partial charge in [0.15, 0.2) is 44.4 Å². The number of carbonyl (C=O) groups is 4. The maximum Gasteiger partial charge on any atom is 0.344 e. The summed E-state index contributed by atoms with van der Waals surface area (Å²) in [4.78, 5) is 53.9. The van der Waals surface area contributed by atoms with E-state index in [0.717, 1.165) is 22.3 Å². The van der Waals surface area contributed by atoms with E-state index in [1.807, 2.05) is 18.2 Å². The van der Waals surface area contributed by atoms with Crippen molar-refractivity contribution in [2.75, 3.05) is 33.5 Å². The standard InChI is InChI=1S/C48H51NO12/c1-31(2)34-22-21-33(38-24-20-32(3)39(38)26-34)23-25-42(51)59-47-46(61-44(53)30-57-37-18-12-7-13-19-37)45(60-43(52)29-56-36-16-10-6-11-17-36)40(58-48(47)54-4)27-49-41(50)28-55-35-14-8-5-9-15-35/h5-22,24,26,31,40,45-48H,23,25,27-30H2,1-4H3,(H,49,50)/t40-,45-,46+,47+,48+/m1/s1. The molecule has 0 aromatic heterocycles. The van der Waals surface area contributed by atoms with Crippen LogP contribution in [-0.2, 0) is 49.3 Å². The molecule has 13 heteroatoms. The number of amides is 1. The molecule has 6 rings (SSSR count). The van der Waals surface area contributed by atoms with E-state index in [4.69, 9.17) is 37.9 Å². The van der Waals surface area contributed by atoms with Gasteiger partial charge in [-0.15, -0.1) is 0 Å². The average Bonchev–Trinajstić information content (AvgIpc) is 3.52. The van der Waals surface area contributed by atoms with Gasteiger partial charge in [0.2, 0.25) is 0 Å². The van der Waals surface area contributed by atoms with Crippen LogP contribution in [0.2, 0.25) is 0 Å². The smallest absolute Gasteiger partial charge is 0.344 e. The van der Waals surface area contributed by atoms with Crippen molar-refractivity contribution in [2.24, 2.45) is 0 Å². The van der Waals surface area contributed by atoms with Gasteiger partial charge in [0.1, 0.15) is 23.4 Å². The molecule has 1 heterocycles. The van der Waals surface area contributed by atoms with Crippen molar-refractivity contribution in [1.29, 1.82) is 0 Å². The summed E-state index contributed by atoms with van der Waals surface area (Å²) >= 11 is 0. The largest absolute Gasteiger partial charge is 0.484 e. The van der Waals surface area contributed by atoms with Crippen LogP contribution in [0.4, 0.5) is 0 Å². The van der Waals surface area contributed by atoms with E-state index in [9.17, 15) is 19.2 Å². The fourth-order valence-electron chi connectivity index (χ4n) is 6.85. The minimum Gasteiger partial charge on any atom is -0.484 e. The molecule has 0 spiro atoms. The first-order chi connectivity index (χ1) is 29.6. The number of hydrogen-bond acceptors (Lipinski definition) is 12. The van der Waals surface area contributed by atoms with E-state index >= 15 is 0 Å². The molecule has 320 valence electrons. The van der Waals surface area contributed by atoms with E-state index in [0.29, 0.717) is 29.6 Å². The number of nitrogens with one attached hydrogen (secondary N) is 1. The molecule has 3 aromatic rings. The van der Waals surface area contributed by atoms with Crippen molar-refractivity contribution in [3.63, 3.8) is 0 Å². The second-order valence-corrected chi connectivity index (χ2v) is 14.8. The van der Waals surface area contributed by atoms with E-state index in [1.165, 1.54) is 12.7 Å². The number of aryl methyl sites for hydroxylation is 2. The molecule has 1 N–H and O–H groups in total. The second-order valence-electron chi connectivity index (χ2n) is 14.8. The lowest BCUT2D eigenvalue weighted by Gasteiger charge is -2.44. The number of benzene rings is 3. The van der Waals surface area contributed by atoms with Crippen molar-refractivity contribution in [3.05, 3.63) is 138 Å². The van der Waals surface area contributed by atoms with Crippen molar-refractivity contribution in [1.82, 2.24) is 5.32 Å². The SMILES string of the molecule is CO[C@H]1O[C@H](CNC(=O)COc2ccccc2)[C@@H](OC(=O)COc2ccccc2)[C@H](OC(=O)COc2ccccc2)[C@@H]1OC(=O)CCc1ccc(C(C)C)cc2c(C)ccc1-2. The topological polar surface area (TPSA) is 154 Å². The zero-order valence-corrected chi connectivity index (χ0v) is 34.7. The van der Waals surface area contributed by atoms with Crippen LogP contribution >= 0.6 is 0 Å². The number of para-hydroxylation sites is 3. The van der Waals surface area contributed by atoms with Crippen LogP contribution < -0.4 is 19.5 Å². The number of hydrogen-bond donors (Lipinski definition) is 1. The van der Waals surface area contributed by atoms with Gasteiger partial charge in [-0.2, -0.15) is 0 Å². The van der Waals surface area contributed by atoms with Crippen LogP contribution in [0.15, 0.2) is 121 Å². The Morgan fingerprint density at radius 1 is 0.623 bits per heavy atom. The molecule has 13 nitrogen and oxygen atoms in total. The van der Waals surface area contributed by atoms with Crippen molar-refractivity contribution in [2.45, 2.75) is 70.2 Å². The normalized spacial score (nSPS) is 18.5. The predicted molar refractivity (Wildman–Crippen MR) is 224 cm³/mol. The number of fused-ring (bicyclic) bond motifs is 1. The van der Waals surface area contributed by atoms with Crippen LogP contribution in [0.1, 0.15) is 42.9 Å². The first-order valence-corrected chi connectivity index (χ1v) is 20.2. The average molecular weight is 834 g/mol. The van der Waals surface area contributed by atoms with Crippen LogP contribution in [0.5, 0.6) is 17.2 Å². The first kappa shape index (κ1) is 44.1. The molecule has 0 bridgehead atoms. The zero-order chi connectivity index (χ0) is 43.1. The highest BCUT2D eigenvalue weighted by Gasteiger charge is 2.53. The summed E-state index contributed by atoms with van der Waals surface area (Å²) in [5.41, 5.74) is 5.38. The zero-order valence-electron chi connectivity index (χ0n) is 34.7. The summed E-state index contributed by atoms with van der Waals surface area (Å²) in [5, 5.41) is 2.73. The van der Waals surface area contributed by atoms with Gasteiger partial charge in [-0.3, -0.25) is 9.59 Å². The van der Waals surface area contributed by atoms with Crippen molar-refractivity contribution in [3.8, 4) is 28.4 Å². The lowest BCUT2D eigenvalue weighted by Crippen LogP contribution is -2.64. The third-order valence-corrected chi connectivity index (χ3v) is 10.1. The lowest BCUT2D eigenvalue weighted by molar-refractivity contribution is -0.298. The molecule has 0 radical (unpaired) electrons. The number of esters is 3. The van der Waals surface area contributed by atoms with Crippen LogP contribution in [0, 0.1) is 6.92 Å². The highest BCUT2D eigenvalue weighted by atomic mass is 16.7. The Labute approximate surface area is 355 Å². The maximum absolute atomic E-state index is 13.9. The summed E-state index contributed by atoms with van der Waals surface area (Å²) < 4.78 is 46.9. The van der Waals surface area contributed by atoms with Gasteiger partial charge in [0.05, 0.1) is 0 Å². The summed E-state index contributed by atoms with van der Waals surface area (Å²) in [6.45, 7) is 4.68. The highest BCUT2D eigenvalue weighted by molar-refractivity contribution is 5.78. The molecule has 2 aliphatic carbocycles. The third-order valence-electron chi connectivity index (χ3n) is 10.1. The summed E-state index contributed by atoms with van der Waals surface area (Å²) in [5.74, 6) is -1.27. The Kier molecular flexibility index (Phi) is 15.7. The van der Waals surface area contributed by atoms with Gasteiger partial charge >= 0.3 is 17.9 Å². The fraction of sp³-hybridized carbons (Fsp3) is 0.333. The molecule has 5 atom stereocenters. The van der Waals surface area contributed by atoms with Crippen LogP contribution in [0.3, 0.4) is 0 Å².